The Morgan fingerprint density at radius 2 is 1.88 bits per heavy atom. The van der Waals surface area contributed by atoms with Crippen molar-refractivity contribution in [2.24, 2.45) is 0 Å². The van der Waals surface area contributed by atoms with Gasteiger partial charge in [0, 0.05) is 30.2 Å². The molecule has 4 nitrogen and oxygen atoms in total. The van der Waals surface area contributed by atoms with E-state index in [9.17, 15) is 4.79 Å². The van der Waals surface area contributed by atoms with Gasteiger partial charge in [0.25, 0.3) is 0 Å². The van der Waals surface area contributed by atoms with Crippen molar-refractivity contribution in [3.8, 4) is 0 Å². The van der Waals surface area contributed by atoms with Crippen LogP contribution in [0.5, 0.6) is 0 Å². The SMILES string of the molecule is C[C@@H](c1ccccc1)N1CCN[C@H](Cc2c[nH]c3ccccc23)C1=O. The molecule has 0 bridgehead atoms. The molecule has 1 saturated heterocycles. The number of hydrogen-bond donors (Lipinski definition) is 2. The Hall–Kier alpha value is -2.59. The zero-order chi connectivity index (χ0) is 17.2. The van der Waals surface area contributed by atoms with E-state index in [1.807, 2.05) is 41.4 Å². The smallest absolute Gasteiger partial charge is 0.240 e. The first-order valence-corrected chi connectivity index (χ1v) is 8.88. The van der Waals surface area contributed by atoms with Crippen LogP contribution in [0, 0.1) is 0 Å². The molecule has 1 fully saturated rings. The van der Waals surface area contributed by atoms with Crippen LogP contribution in [0.25, 0.3) is 10.9 Å². The van der Waals surface area contributed by atoms with Crippen LogP contribution >= 0.6 is 0 Å². The highest BCUT2D eigenvalue weighted by Gasteiger charge is 2.32. The maximum Gasteiger partial charge on any atom is 0.240 e. The van der Waals surface area contributed by atoms with Gasteiger partial charge in [-0.15, -0.1) is 0 Å². The number of para-hydroxylation sites is 1. The number of benzene rings is 2. The average Bonchev–Trinajstić information content (AvgIpc) is 3.07. The van der Waals surface area contributed by atoms with Crippen LogP contribution in [-0.4, -0.2) is 34.9 Å². The van der Waals surface area contributed by atoms with E-state index in [1.165, 1.54) is 16.5 Å². The largest absolute Gasteiger partial charge is 0.361 e. The van der Waals surface area contributed by atoms with Gasteiger partial charge in [0.15, 0.2) is 0 Å². The summed E-state index contributed by atoms with van der Waals surface area (Å²) in [5, 5.41) is 4.60. The summed E-state index contributed by atoms with van der Waals surface area (Å²) < 4.78 is 0. The van der Waals surface area contributed by atoms with E-state index in [4.69, 9.17) is 0 Å². The fourth-order valence-corrected chi connectivity index (χ4v) is 3.73. The van der Waals surface area contributed by atoms with Crippen LogP contribution < -0.4 is 5.32 Å². The van der Waals surface area contributed by atoms with Gasteiger partial charge in [0.2, 0.25) is 5.91 Å². The van der Waals surface area contributed by atoms with Crippen LogP contribution in [0.4, 0.5) is 0 Å². The summed E-state index contributed by atoms with van der Waals surface area (Å²) in [6, 6.07) is 18.4. The molecule has 2 atom stereocenters. The number of carbonyl (C=O) groups is 1. The second-order valence-corrected chi connectivity index (χ2v) is 6.69. The van der Waals surface area contributed by atoms with Gasteiger partial charge in [0.05, 0.1) is 12.1 Å². The van der Waals surface area contributed by atoms with Gasteiger partial charge in [-0.1, -0.05) is 48.5 Å². The lowest BCUT2D eigenvalue weighted by Gasteiger charge is -2.37. The fraction of sp³-hybridized carbons (Fsp3) is 0.286. The molecule has 0 aliphatic carbocycles. The number of amides is 1. The first-order valence-electron chi connectivity index (χ1n) is 8.88. The number of aromatic nitrogens is 1. The van der Waals surface area contributed by atoms with E-state index < -0.39 is 0 Å². The third-order valence-electron chi connectivity index (χ3n) is 5.17. The average molecular weight is 333 g/mol. The number of aromatic amines is 1. The second-order valence-electron chi connectivity index (χ2n) is 6.69. The van der Waals surface area contributed by atoms with Crippen LogP contribution in [0.2, 0.25) is 0 Å². The highest BCUT2D eigenvalue weighted by Crippen LogP contribution is 2.24. The van der Waals surface area contributed by atoms with E-state index in [0.717, 1.165) is 18.6 Å². The molecule has 0 spiro atoms. The maximum absolute atomic E-state index is 13.1. The Morgan fingerprint density at radius 3 is 2.72 bits per heavy atom. The molecule has 0 radical (unpaired) electrons. The summed E-state index contributed by atoms with van der Waals surface area (Å²) in [6.45, 7) is 3.69. The molecular formula is C21H23N3O. The molecule has 4 rings (SSSR count). The summed E-state index contributed by atoms with van der Waals surface area (Å²) in [7, 11) is 0. The number of H-pyrrole nitrogens is 1. The summed E-state index contributed by atoms with van der Waals surface area (Å²) >= 11 is 0. The maximum atomic E-state index is 13.1. The minimum absolute atomic E-state index is 0.0984. The van der Waals surface area contributed by atoms with Crippen molar-refractivity contribution in [1.82, 2.24) is 15.2 Å². The molecule has 1 aromatic heterocycles. The van der Waals surface area contributed by atoms with E-state index >= 15 is 0 Å². The Bertz CT molecular complexity index is 871. The van der Waals surface area contributed by atoms with Crippen molar-refractivity contribution < 1.29 is 4.79 Å². The minimum Gasteiger partial charge on any atom is -0.361 e. The monoisotopic (exact) mass is 333 g/mol. The minimum atomic E-state index is -0.167. The number of rotatable bonds is 4. The predicted octanol–water partition coefficient (Wildman–Crippen LogP) is 3.27. The normalized spacial score (nSPS) is 19.3. The van der Waals surface area contributed by atoms with E-state index in [2.05, 4.69) is 41.5 Å². The lowest BCUT2D eigenvalue weighted by atomic mass is 10.00. The van der Waals surface area contributed by atoms with Crippen LogP contribution in [0.15, 0.2) is 60.8 Å². The van der Waals surface area contributed by atoms with Crippen molar-refractivity contribution >= 4 is 16.8 Å². The van der Waals surface area contributed by atoms with Gasteiger partial charge in [-0.05, 0) is 30.5 Å². The third kappa shape index (κ3) is 3.05. The van der Waals surface area contributed by atoms with Crippen molar-refractivity contribution in [2.45, 2.75) is 25.4 Å². The molecule has 1 aliphatic rings. The predicted molar refractivity (Wildman–Crippen MR) is 100 cm³/mol. The molecule has 1 aliphatic heterocycles. The van der Waals surface area contributed by atoms with Gasteiger partial charge < -0.3 is 15.2 Å². The van der Waals surface area contributed by atoms with E-state index in [-0.39, 0.29) is 18.0 Å². The highest BCUT2D eigenvalue weighted by atomic mass is 16.2. The Labute approximate surface area is 147 Å². The number of nitrogens with zero attached hydrogens (tertiary/aromatic N) is 1. The topological polar surface area (TPSA) is 48.1 Å². The fourth-order valence-electron chi connectivity index (χ4n) is 3.73. The molecule has 0 unspecified atom stereocenters. The first-order chi connectivity index (χ1) is 12.2. The lowest BCUT2D eigenvalue weighted by Crippen LogP contribution is -2.56. The number of fused-ring (bicyclic) bond motifs is 1. The lowest BCUT2D eigenvalue weighted by molar-refractivity contribution is -0.138. The van der Waals surface area contributed by atoms with Crippen LogP contribution in [-0.2, 0) is 11.2 Å². The Balaban J connectivity index is 1.54. The Morgan fingerprint density at radius 1 is 1.12 bits per heavy atom. The molecule has 4 heteroatoms. The number of carbonyl (C=O) groups excluding carboxylic acids is 1. The van der Waals surface area contributed by atoms with Crippen molar-refractivity contribution in [1.29, 1.82) is 0 Å². The van der Waals surface area contributed by atoms with Gasteiger partial charge >= 0.3 is 0 Å². The molecule has 3 aromatic rings. The molecule has 0 saturated carbocycles. The summed E-state index contributed by atoms with van der Waals surface area (Å²) in [5.74, 6) is 0.188. The quantitative estimate of drug-likeness (QED) is 0.770. The van der Waals surface area contributed by atoms with Crippen molar-refractivity contribution in [3.63, 3.8) is 0 Å². The molecular weight excluding hydrogens is 310 g/mol. The van der Waals surface area contributed by atoms with Gasteiger partial charge in [0.1, 0.15) is 0 Å². The van der Waals surface area contributed by atoms with Gasteiger partial charge in [-0.2, -0.15) is 0 Å². The van der Waals surface area contributed by atoms with Crippen molar-refractivity contribution in [2.75, 3.05) is 13.1 Å². The summed E-state index contributed by atoms with van der Waals surface area (Å²) in [5.41, 5.74) is 3.49. The summed E-state index contributed by atoms with van der Waals surface area (Å²) in [6.07, 6.45) is 2.74. The van der Waals surface area contributed by atoms with Crippen LogP contribution in [0.3, 0.4) is 0 Å². The molecule has 1 amide bonds. The van der Waals surface area contributed by atoms with E-state index in [0.29, 0.717) is 6.42 Å². The zero-order valence-electron chi connectivity index (χ0n) is 14.4. The number of piperazine rings is 1. The second kappa shape index (κ2) is 6.73. The Kier molecular flexibility index (Phi) is 4.28. The number of hydrogen-bond acceptors (Lipinski definition) is 2. The van der Waals surface area contributed by atoms with Gasteiger partial charge in [-0.25, -0.2) is 0 Å². The van der Waals surface area contributed by atoms with Crippen LogP contribution in [0.1, 0.15) is 24.1 Å². The third-order valence-corrected chi connectivity index (χ3v) is 5.17. The van der Waals surface area contributed by atoms with Crippen molar-refractivity contribution in [3.05, 3.63) is 71.9 Å². The molecule has 25 heavy (non-hydrogen) atoms. The zero-order valence-corrected chi connectivity index (χ0v) is 14.4. The molecule has 2 heterocycles. The molecule has 2 N–H and O–H groups in total. The number of nitrogens with one attached hydrogen (secondary N) is 2. The molecule has 2 aromatic carbocycles. The summed E-state index contributed by atoms with van der Waals surface area (Å²) in [4.78, 5) is 18.4. The highest BCUT2D eigenvalue weighted by molar-refractivity contribution is 5.86. The standard InChI is InChI=1S/C21H23N3O/c1-15(16-7-3-2-4-8-16)24-12-11-22-20(21(24)25)13-17-14-23-19-10-6-5-9-18(17)19/h2-10,14-15,20,22-23H,11-13H2,1H3/t15-,20+/m0/s1. The van der Waals surface area contributed by atoms with E-state index in [1.54, 1.807) is 0 Å². The molecule has 128 valence electrons. The van der Waals surface area contributed by atoms with Gasteiger partial charge in [-0.3, -0.25) is 4.79 Å². The first kappa shape index (κ1) is 15.9.